The largest absolute Gasteiger partial charge is 0.416 e. The van der Waals surface area contributed by atoms with Gasteiger partial charge in [0.05, 0.1) is 23.8 Å². The van der Waals surface area contributed by atoms with Crippen LogP contribution in [0.5, 0.6) is 0 Å². The Hall–Kier alpha value is -3.21. The molecule has 0 heterocycles. The number of benzene rings is 2. The molecule has 1 fully saturated rings. The highest BCUT2D eigenvalue weighted by atomic mass is 19.4. The van der Waals surface area contributed by atoms with Crippen LogP contribution in [0.15, 0.2) is 54.1 Å². The normalized spacial score (nSPS) is 24.9. The van der Waals surface area contributed by atoms with Gasteiger partial charge in [-0.25, -0.2) is 4.79 Å². The second-order valence-electron chi connectivity index (χ2n) is 14.2. The molecule has 0 radical (unpaired) electrons. The third kappa shape index (κ3) is 8.68. The quantitative estimate of drug-likeness (QED) is 0.146. The summed E-state index contributed by atoms with van der Waals surface area (Å²) in [7, 11) is 1.60. The van der Waals surface area contributed by atoms with E-state index in [1.165, 1.54) is 12.1 Å². The number of nitrogens with one attached hydrogen (secondary N) is 1. The number of ketones is 1. The van der Waals surface area contributed by atoms with Crippen molar-refractivity contribution in [2.24, 2.45) is 5.41 Å². The molecule has 4 unspecified atom stereocenters. The van der Waals surface area contributed by atoms with Crippen molar-refractivity contribution in [1.82, 2.24) is 10.2 Å². The van der Waals surface area contributed by atoms with Crippen LogP contribution in [0.2, 0.25) is 0 Å². The molecular weight excluding hydrogens is 621 g/mol. The number of urea groups is 1. The van der Waals surface area contributed by atoms with E-state index in [4.69, 9.17) is 4.74 Å². The molecular formula is C38H51F3N2O5. The molecule has 1 saturated carbocycles. The standard InChI is InChI=1S/C38H51F3N2O5/c1-25(2)42-35(46)43(19-8-20-48-5)24-37(47)18-16-33-31-15-13-27(21-30(44)14-12-26(3)9-7-17-36(33,37)4)22-32(31)34(45)28-10-6-11-29(23-28)38(39,40)41/h6,9-11,13,15,22-23,25,30,33,44,47H,7-8,12,14,16-21,24H2,1-5H3,(H,42,46). The SMILES string of the molecule is COCCCN(CC1(O)CCC2c3ccc(cc3C(=O)c3cccc(C(F)(F)F)c3)CC(O)CCC(C)=CCCC21C)C(=O)NC(C)C. The van der Waals surface area contributed by atoms with Gasteiger partial charge < -0.3 is 25.2 Å². The van der Waals surface area contributed by atoms with Crippen LogP contribution in [0, 0.1) is 5.41 Å². The van der Waals surface area contributed by atoms with Crippen LogP contribution in [0.1, 0.15) is 111 Å². The Morgan fingerprint density at radius 2 is 1.88 bits per heavy atom. The van der Waals surface area contributed by atoms with Gasteiger partial charge in [-0.2, -0.15) is 13.2 Å². The molecule has 48 heavy (non-hydrogen) atoms. The summed E-state index contributed by atoms with van der Waals surface area (Å²) in [6.07, 6.45) is 1.02. The third-order valence-electron chi connectivity index (χ3n) is 10.3. The highest BCUT2D eigenvalue weighted by Crippen LogP contribution is 2.59. The summed E-state index contributed by atoms with van der Waals surface area (Å²) in [5.41, 5.74) is -0.336. The van der Waals surface area contributed by atoms with Crippen molar-refractivity contribution in [3.63, 3.8) is 0 Å². The number of hydrogen-bond donors (Lipinski definition) is 3. The smallest absolute Gasteiger partial charge is 0.393 e. The lowest BCUT2D eigenvalue weighted by molar-refractivity contribution is -0.137. The van der Waals surface area contributed by atoms with E-state index in [0.29, 0.717) is 75.6 Å². The fourth-order valence-corrected chi connectivity index (χ4v) is 7.50. The first-order chi connectivity index (χ1) is 22.6. The number of carbonyl (C=O) groups excluding carboxylic acids is 2. The van der Waals surface area contributed by atoms with Crippen LogP contribution in [-0.2, 0) is 17.3 Å². The van der Waals surface area contributed by atoms with E-state index in [1.54, 1.807) is 18.1 Å². The van der Waals surface area contributed by atoms with Gasteiger partial charge in [0.1, 0.15) is 0 Å². The van der Waals surface area contributed by atoms with E-state index in [0.717, 1.165) is 17.7 Å². The number of rotatable bonds is 9. The number of carbonyl (C=O) groups is 2. The van der Waals surface area contributed by atoms with Crippen LogP contribution in [0.3, 0.4) is 0 Å². The average molecular weight is 673 g/mol. The minimum atomic E-state index is -4.61. The molecule has 3 N–H and O–H groups in total. The Morgan fingerprint density at radius 1 is 1.12 bits per heavy atom. The summed E-state index contributed by atoms with van der Waals surface area (Å²) >= 11 is 0. The predicted molar refractivity (Wildman–Crippen MR) is 180 cm³/mol. The zero-order chi connectivity index (χ0) is 35.3. The van der Waals surface area contributed by atoms with Gasteiger partial charge in [-0.05, 0) is 107 Å². The number of amides is 2. The van der Waals surface area contributed by atoms with Crippen molar-refractivity contribution in [3.05, 3.63) is 81.9 Å². The zero-order valence-electron chi connectivity index (χ0n) is 28.8. The molecule has 264 valence electrons. The summed E-state index contributed by atoms with van der Waals surface area (Å²) in [4.78, 5) is 29.2. The summed E-state index contributed by atoms with van der Waals surface area (Å²) in [6, 6.07) is 9.52. The van der Waals surface area contributed by atoms with Crippen molar-refractivity contribution in [2.75, 3.05) is 26.8 Å². The van der Waals surface area contributed by atoms with Crippen LogP contribution in [-0.4, -0.2) is 71.5 Å². The van der Waals surface area contributed by atoms with Crippen molar-refractivity contribution >= 4 is 11.8 Å². The van der Waals surface area contributed by atoms with Crippen LogP contribution < -0.4 is 5.32 Å². The van der Waals surface area contributed by atoms with Crippen molar-refractivity contribution < 1.29 is 37.7 Å². The number of fused-ring (bicyclic) bond motifs is 8. The number of methoxy groups -OCH3 is 1. The summed E-state index contributed by atoms with van der Waals surface area (Å²) in [6.45, 7) is 8.72. The molecule has 0 aliphatic heterocycles. The van der Waals surface area contributed by atoms with Crippen molar-refractivity contribution in [2.45, 2.75) is 109 Å². The third-order valence-corrected chi connectivity index (χ3v) is 10.3. The molecule has 2 aromatic carbocycles. The minimum absolute atomic E-state index is 0.0755. The van der Waals surface area contributed by atoms with Crippen LogP contribution in [0.4, 0.5) is 18.0 Å². The summed E-state index contributed by atoms with van der Waals surface area (Å²) in [5.74, 6) is -0.873. The molecule has 3 aliphatic rings. The molecule has 0 aromatic heterocycles. The lowest BCUT2D eigenvalue weighted by atomic mass is 9.64. The first-order valence-electron chi connectivity index (χ1n) is 17.0. The van der Waals surface area contributed by atoms with Crippen molar-refractivity contribution in [3.8, 4) is 0 Å². The van der Waals surface area contributed by atoms with E-state index in [-0.39, 0.29) is 35.7 Å². The van der Waals surface area contributed by atoms with E-state index in [1.807, 2.05) is 39.8 Å². The molecule has 0 spiro atoms. The number of allylic oxidation sites excluding steroid dienone is 2. The molecule has 2 aromatic rings. The van der Waals surface area contributed by atoms with Crippen molar-refractivity contribution in [1.29, 1.82) is 0 Å². The highest BCUT2D eigenvalue weighted by molar-refractivity contribution is 6.10. The van der Waals surface area contributed by atoms with Gasteiger partial charge in [-0.1, -0.05) is 42.8 Å². The van der Waals surface area contributed by atoms with Gasteiger partial charge >= 0.3 is 12.2 Å². The Bertz CT molecular complexity index is 1470. The van der Waals surface area contributed by atoms with Gasteiger partial charge in [0.2, 0.25) is 0 Å². The first-order valence-corrected chi connectivity index (χ1v) is 17.0. The van der Waals surface area contributed by atoms with E-state index >= 15 is 0 Å². The second-order valence-corrected chi connectivity index (χ2v) is 14.2. The Kier molecular flexibility index (Phi) is 12.2. The van der Waals surface area contributed by atoms with Gasteiger partial charge in [-0.3, -0.25) is 4.79 Å². The number of halogens is 3. The molecule has 0 saturated heterocycles. The number of nitrogens with zero attached hydrogens (tertiary/aromatic N) is 1. The Morgan fingerprint density at radius 3 is 2.56 bits per heavy atom. The maximum Gasteiger partial charge on any atom is 0.416 e. The fourth-order valence-electron chi connectivity index (χ4n) is 7.50. The van der Waals surface area contributed by atoms with Gasteiger partial charge in [0, 0.05) is 42.8 Å². The number of alkyl halides is 3. The maximum absolute atomic E-state index is 14.2. The van der Waals surface area contributed by atoms with Crippen LogP contribution in [0.25, 0.3) is 0 Å². The van der Waals surface area contributed by atoms with E-state index in [9.17, 15) is 33.0 Å². The Balaban J connectivity index is 1.83. The number of aliphatic hydroxyl groups excluding tert-OH is 1. The summed E-state index contributed by atoms with van der Waals surface area (Å²) in [5, 5.41) is 26.5. The van der Waals surface area contributed by atoms with E-state index in [2.05, 4.69) is 11.4 Å². The van der Waals surface area contributed by atoms with Gasteiger partial charge in [-0.15, -0.1) is 0 Å². The molecule has 2 amide bonds. The lowest BCUT2D eigenvalue weighted by Crippen LogP contribution is -2.56. The minimum Gasteiger partial charge on any atom is -0.393 e. The number of ether oxygens (including phenoxy) is 1. The molecule has 5 rings (SSSR count). The fraction of sp³-hybridized carbons (Fsp3) is 0.579. The monoisotopic (exact) mass is 672 g/mol. The maximum atomic E-state index is 14.2. The van der Waals surface area contributed by atoms with Gasteiger partial charge in [0.15, 0.2) is 5.78 Å². The first kappa shape index (κ1) is 37.6. The molecule has 3 aliphatic carbocycles. The number of aliphatic hydroxyl groups is 2. The molecule has 2 bridgehead atoms. The second kappa shape index (κ2) is 15.6. The molecule has 4 atom stereocenters. The van der Waals surface area contributed by atoms with Gasteiger partial charge in [0.25, 0.3) is 0 Å². The average Bonchev–Trinajstić information content (AvgIpc) is 3.27. The molecule has 7 nitrogen and oxygen atoms in total. The number of hydrogen-bond acceptors (Lipinski definition) is 5. The topological polar surface area (TPSA) is 99.1 Å². The molecule has 10 heteroatoms. The Labute approximate surface area is 282 Å². The zero-order valence-corrected chi connectivity index (χ0v) is 28.8. The summed E-state index contributed by atoms with van der Waals surface area (Å²) < 4.78 is 46.2. The highest BCUT2D eigenvalue weighted by Gasteiger charge is 2.57. The van der Waals surface area contributed by atoms with Crippen LogP contribution >= 0.6 is 0 Å². The predicted octanol–water partition coefficient (Wildman–Crippen LogP) is 7.43. The lowest BCUT2D eigenvalue weighted by Gasteiger charge is -2.46. The van der Waals surface area contributed by atoms with E-state index < -0.39 is 34.6 Å².